The van der Waals surface area contributed by atoms with Crippen molar-refractivity contribution in [3.63, 3.8) is 0 Å². The van der Waals surface area contributed by atoms with Gasteiger partial charge in [-0.15, -0.1) is 0 Å². The minimum Gasteiger partial charge on any atom is -0.0995 e. The first-order valence-electron chi connectivity index (χ1n) is 30.7. The Bertz CT molecular complexity index is 3790. The van der Waals surface area contributed by atoms with E-state index in [4.69, 9.17) is 0 Å². The summed E-state index contributed by atoms with van der Waals surface area (Å²) in [6.07, 6.45) is 40.0. The molecule has 0 fully saturated rings. The Hall–Kier alpha value is -8.32. The van der Waals surface area contributed by atoms with Crippen molar-refractivity contribution in [1.82, 2.24) is 0 Å². The van der Waals surface area contributed by atoms with Crippen LogP contribution in [0.1, 0.15) is 150 Å². The van der Waals surface area contributed by atoms with Crippen LogP contribution < -0.4 is 0 Å². The van der Waals surface area contributed by atoms with Gasteiger partial charge in [-0.2, -0.15) is 0 Å². The van der Waals surface area contributed by atoms with Crippen molar-refractivity contribution in [2.45, 2.75) is 122 Å². The van der Waals surface area contributed by atoms with Gasteiger partial charge in [0.25, 0.3) is 0 Å². The van der Waals surface area contributed by atoms with Gasteiger partial charge in [0.15, 0.2) is 0 Å². The molecule has 10 aliphatic carbocycles. The molecule has 0 saturated heterocycles. The lowest BCUT2D eigenvalue weighted by atomic mass is 9.89. The highest BCUT2D eigenvalue weighted by atomic mass is 14.3. The maximum Gasteiger partial charge on any atom is -0.00257 e. The molecule has 0 atom stereocenters. The van der Waals surface area contributed by atoms with E-state index in [-0.39, 0.29) is 0 Å². The molecule has 17 rings (SSSR count). The number of aryl methyl sites for hydroxylation is 8. The van der Waals surface area contributed by atoms with Crippen LogP contribution in [0.25, 0.3) is 40.5 Å². The molecule has 10 aliphatic rings. The van der Waals surface area contributed by atoms with Gasteiger partial charge >= 0.3 is 0 Å². The zero-order chi connectivity index (χ0) is 57.2. The molecule has 414 valence electrons. The molecular formula is C83H82. The zero-order valence-corrected chi connectivity index (χ0v) is 49.2. The summed E-state index contributed by atoms with van der Waals surface area (Å²) in [7, 11) is 0. The number of rotatable bonds is 0. The molecule has 0 aliphatic heterocycles. The second-order valence-corrected chi connectivity index (χ2v) is 24.2. The third kappa shape index (κ3) is 13.8. The van der Waals surface area contributed by atoms with E-state index in [1.54, 1.807) is 50.1 Å². The summed E-state index contributed by atoms with van der Waals surface area (Å²) < 4.78 is 0. The van der Waals surface area contributed by atoms with Crippen molar-refractivity contribution < 1.29 is 0 Å². The Labute approximate surface area is 497 Å². The minimum absolute atomic E-state index is 0.997. The van der Waals surface area contributed by atoms with Gasteiger partial charge in [-0.05, 0) is 256 Å². The van der Waals surface area contributed by atoms with Gasteiger partial charge < -0.3 is 0 Å². The predicted octanol–water partition coefficient (Wildman–Crippen LogP) is 20.7. The van der Waals surface area contributed by atoms with Crippen LogP contribution in [0.2, 0.25) is 0 Å². The third-order valence-electron chi connectivity index (χ3n) is 18.1. The third-order valence-corrected chi connectivity index (χ3v) is 18.1. The number of fused-ring (bicyclic) bond motifs is 10. The number of benzene rings is 7. The highest BCUT2D eigenvalue weighted by molar-refractivity contribution is 5.89. The Morgan fingerprint density at radius 1 is 0.253 bits per heavy atom. The second-order valence-electron chi connectivity index (χ2n) is 24.2. The Morgan fingerprint density at radius 2 is 0.759 bits per heavy atom. The van der Waals surface area contributed by atoms with E-state index in [0.29, 0.717) is 0 Å². The van der Waals surface area contributed by atoms with Crippen molar-refractivity contribution in [2.75, 3.05) is 0 Å². The van der Waals surface area contributed by atoms with E-state index in [9.17, 15) is 0 Å². The molecule has 0 spiro atoms. The number of allylic oxidation sites excluding steroid dienone is 12. The molecule has 0 nitrogen and oxygen atoms in total. The topological polar surface area (TPSA) is 0 Å². The summed E-state index contributed by atoms with van der Waals surface area (Å²) in [6, 6.07) is 48.2. The van der Waals surface area contributed by atoms with Crippen LogP contribution in [-0.2, 0) is 83.5 Å². The van der Waals surface area contributed by atoms with Gasteiger partial charge in [-0.3, -0.25) is 0 Å². The summed E-state index contributed by atoms with van der Waals surface area (Å²) in [6.45, 7) is 28.1. The average molecular weight is 1080 g/mol. The van der Waals surface area contributed by atoms with Gasteiger partial charge in [0.2, 0.25) is 0 Å². The first kappa shape index (κ1) is 56.5. The molecule has 7 aromatic carbocycles. The standard InChI is InChI=1S/2C13H14.C13H12.2C11H10.C11H12.C11H10/c1-9-5-12-7-10-3-2-4-11(10)8-13(12)6-9;2*1-9-5-6-12-7-10-3-2-4-11(10)8-13(9)12;2*1-9-5-4-7-10-6-2-3-8-11(9)10;2*1-9-6-7-10-4-2-3-5-11(10)8-9/h2*7-8H,1-6H2;5-8H,1-4H2;2-4,6-8H,1,5H2;2-6,8H,1,7H2;2-5H,1,6-8H2;2-7H,1,8H2. The van der Waals surface area contributed by atoms with E-state index in [1.807, 2.05) is 0 Å². The lowest BCUT2D eigenvalue weighted by Crippen LogP contribution is -2.03. The molecule has 0 aromatic heterocycles. The van der Waals surface area contributed by atoms with Crippen molar-refractivity contribution in [3.8, 4) is 0 Å². The van der Waals surface area contributed by atoms with E-state index in [1.165, 1.54) is 178 Å². The molecule has 0 amide bonds. The van der Waals surface area contributed by atoms with E-state index in [2.05, 4.69) is 228 Å². The fraction of sp³-hybridized carbons (Fsp3) is 0.229. The van der Waals surface area contributed by atoms with Gasteiger partial charge in [0.05, 0.1) is 0 Å². The zero-order valence-electron chi connectivity index (χ0n) is 49.2. The molecule has 83 heavy (non-hydrogen) atoms. The van der Waals surface area contributed by atoms with Crippen LogP contribution in [-0.4, -0.2) is 0 Å². The van der Waals surface area contributed by atoms with Crippen molar-refractivity contribution in [1.29, 1.82) is 0 Å². The summed E-state index contributed by atoms with van der Waals surface area (Å²) in [5, 5.41) is 0. The second kappa shape index (κ2) is 26.3. The average Bonchev–Trinajstić information content (AvgIpc) is 4.61. The van der Waals surface area contributed by atoms with Gasteiger partial charge in [0, 0.05) is 0 Å². The molecule has 7 aromatic rings. The minimum atomic E-state index is 0.997. The first-order valence-corrected chi connectivity index (χ1v) is 30.7. The fourth-order valence-corrected chi connectivity index (χ4v) is 13.5. The summed E-state index contributed by atoms with van der Waals surface area (Å²) in [5.74, 6) is 0. The van der Waals surface area contributed by atoms with E-state index >= 15 is 0 Å². The summed E-state index contributed by atoms with van der Waals surface area (Å²) >= 11 is 0. The van der Waals surface area contributed by atoms with Crippen LogP contribution >= 0.6 is 0 Å². The summed E-state index contributed by atoms with van der Waals surface area (Å²) in [5.41, 5.74) is 38.2. The molecule has 0 bridgehead atoms. The predicted molar refractivity (Wildman–Crippen MR) is 361 cm³/mol. The lowest BCUT2D eigenvalue weighted by Gasteiger charge is -2.16. The van der Waals surface area contributed by atoms with Gasteiger partial charge in [-0.25, -0.2) is 0 Å². The van der Waals surface area contributed by atoms with Crippen LogP contribution in [0.4, 0.5) is 0 Å². The van der Waals surface area contributed by atoms with Gasteiger partial charge in [0.1, 0.15) is 0 Å². The smallest absolute Gasteiger partial charge is 0.00257 e. The molecule has 0 saturated carbocycles. The van der Waals surface area contributed by atoms with Crippen LogP contribution in [0.5, 0.6) is 0 Å². The molecular weight excluding hydrogens is 997 g/mol. The molecule has 0 radical (unpaired) electrons. The first-order chi connectivity index (χ1) is 40.5. The molecule has 0 unspecified atom stereocenters. The lowest BCUT2D eigenvalue weighted by molar-refractivity contribution is 0.841. The van der Waals surface area contributed by atoms with Crippen LogP contribution in [0, 0.1) is 0 Å². The van der Waals surface area contributed by atoms with E-state index < -0.39 is 0 Å². The highest BCUT2D eigenvalue weighted by Crippen LogP contribution is 2.37. The van der Waals surface area contributed by atoms with E-state index in [0.717, 1.165) is 44.1 Å². The largest absolute Gasteiger partial charge is 0.0995 e. The highest BCUT2D eigenvalue weighted by Gasteiger charge is 2.22. The Balaban J connectivity index is 0.000000101. The van der Waals surface area contributed by atoms with Crippen LogP contribution in [0.3, 0.4) is 0 Å². The monoisotopic (exact) mass is 1080 g/mol. The van der Waals surface area contributed by atoms with Crippen molar-refractivity contribution >= 4 is 40.5 Å². The maximum atomic E-state index is 4.12. The molecule has 0 N–H and O–H groups in total. The number of hydrogen-bond acceptors (Lipinski definition) is 0. The quantitative estimate of drug-likeness (QED) is 0.133. The molecule has 0 heterocycles. The fourth-order valence-electron chi connectivity index (χ4n) is 13.5. The van der Waals surface area contributed by atoms with Crippen molar-refractivity contribution in [2.24, 2.45) is 0 Å². The Kier molecular flexibility index (Phi) is 17.9. The molecule has 0 heteroatoms. The van der Waals surface area contributed by atoms with Crippen molar-refractivity contribution in [3.05, 3.63) is 338 Å². The maximum absolute atomic E-state index is 4.12. The normalized spacial score (nSPS) is 16.7. The summed E-state index contributed by atoms with van der Waals surface area (Å²) in [4.78, 5) is 0. The van der Waals surface area contributed by atoms with Crippen LogP contribution in [0.15, 0.2) is 227 Å². The van der Waals surface area contributed by atoms with Gasteiger partial charge in [-0.1, -0.05) is 245 Å². The Morgan fingerprint density at radius 3 is 1.43 bits per heavy atom. The SMILES string of the molecule is C=C1C=CCc2ccccc21.C=C1C=Cc2cc3c(cc21)CCC3.C=C1C=Cc2ccccc2C1.C=C1CC=Cc2ccccc21.C=C1CCc2cc3c(cc21)CCC3.C=C1CCc2ccccc2C1.C=C1Cc2cc3c(cc2C1)CCC3. The number of hydrogen-bond donors (Lipinski definition) is 0.